The summed E-state index contributed by atoms with van der Waals surface area (Å²) in [6.45, 7) is 4.49. The summed E-state index contributed by atoms with van der Waals surface area (Å²) >= 11 is 0. The molecule has 0 saturated carbocycles. The minimum Gasteiger partial charge on any atom is -0.355 e. The van der Waals surface area contributed by atoms with Crippen LogP contribution in [-0.4, -0.2) is 30.9 Å². The van der Waals surface area contributed by atoms with Gasteiger partial charge in [0.1, 0.15) is 0 Å². The summed E-state index contributed by atoms with van der Waals surface area (Å²) in [5.74, 6) is -0.882. The van der Waals surface area contributed by atoms with E-state index in [0.29, 0.717) is 13.1 Å². The van der Waals surface area contributed by atoms with Crippen LogP contribution in [0, 0.1) is 0 Å². The average molecular weight is 173 g/mol. The van der Waals surface area contributed by atoms with E-state index in [1.807, 2.05) is 0 Å². The Labute approximate surface area is 71.7 Å². The Morgan fingerprint density at radius 1 is 1.17 bits per heavy atom. The highest BCUT2D eigenvalue weighted by Crippen LogP contribution is 1.78. The summed E-state index contributed by atoms with van der Waals surface area (Å²) in [5.41, 5.74) is 5.31. The molecule has 0 fully saturated rings. The summed E-state index contributed by atoms with van der Waals surface area (Å²) in [4.78, 5) is 21.9. The molecule has 0 atom stereocenters. The van der Waals surface area contributed by atoms with Gasteiger partial charge in [-0.3, -0.25) is 9.59 Å². The number of hydrogen-bond donors (Lipinski definition) is 3. The Morgan fingerprint density at radius 2 is 1.50 bits per heavy atom. The van der Waals surface area contributed by atoms with Crippen molar-refractivity contribution in [3.63, 3.8) is 0 Å². The molecule has 5 heteroatoms. The summed E-state index contributed by atoms with van der Waals surface area (Å²) < 4.78 is 0. The fraction of sp³-hybridized carbons (Fsp3) is 0.714. The highest BCUT2D eigenvalue weighted by molar-refractivity contribution is 6.04. The standard InChI is InChI=1S/C7H15N3O2/c1-3-9-6(11)5(8)7(12)10-4-2/h5H,3-4,8H2,1-2H3,(H,9,11)(H,10,12). The Hall–Kier alpha value is -1.10. The third kappa shape index (κ3) is 3.34. The van der Waals surface area contributed by atoms with Crippen molar-refractivity contribution in [3.8, 4) is 0 Å². The molecule has 0 radical (unpaired) electrons. The lowest BCUT2D eigenvalue weighted by Gasteiger charge is -2.09. The number of carbonyl (C=O) groups excluding carboxylic acids is 2. The molecule has 0 aromatic carbocycles. The van der Waals surface area contributed by atoms with Crippen molar-refractivity contribution in [2.75, 3.05) is 13.1 Å². The molecule has 2 amide bonds. The van der Waals surface area contributed by atoms with Gasteiger partial charge in [0.15, 0.2) is 6.04 Å². The first-order valence-electron chi connectivity index (χ1n) is 3.94. The van der Waals surface area contributed by atoms with Gasteiger partial charge in [0.25, 0.3) is 0 Å². The second-order valence-corrected chi connectivity index (χ2v) is 2.27. The molecule has 0 heterocycles. The largest absolute Gasteiger partial charge is 0.355 e. The van der Waals surface area contributed by atoms with Crippen LogP contribution < -0.4 is 16.4 Å². The second kappa shape index (κ2) is 5.54. The molecular formula is C7H15N3O2. The van der Waals surface area contributed by atoms with Gasteiger partial charge in [-0.05, 0) is 13.8 Å². The van der Waals surface area contributed by atoms with Crippen LogP contribution in [0.4, 0.5) is 0 Å². The lowest BCUT2D eigenvalue weighted by molar-refractivity contribution is -0.131. The Bertz CT molecular complexity index is 152. The van der Waals surface area contributed by atoms with E-state index in [9.17, 15) is 9.59 Å². The second-order valence-electron chi connectivity index (χ2n) is 2.27. The normalized spacial score (nSPS) is 9.67. The van der Waals surface area contributed by atoms with E-state index in [1.165, 1.54) is 0 Å². The Balaban J connectivity index is 3.91. The van der Waals surface area contributed by atoms with Crippen LogP contribution in [0.3, 0.4) is 0 Å². The number of rotatable bonds is 4. The molecule has 5 nitrogen and oxygen atoms in total. The maximum absolute atomic E-state index is 11.0. The average Bonchev–Trinajstić information content (AvgIpc) is 2.04. The van der Waals surface area contributed by atoms with E-state index in [-0.39, 0.29) is 0 Å². The molecule has 0 aliphatic carbocycles. The number of amides is 2. The summed E-state index contributed by atoms with van der Waals surface area (Å²) in [6.07, 6.45) is 0. The van der Waals surface area contributed by atoms with Gasteiger partial charge in [0.2, 0.25) is 11.8 Å². The predicted octanol–water partition coefficient (Wildman–Crippen LogP) is -1.41. The van der Waals surface area contributed by atoms with Gasteiger partial charge < -0.3 is 16.4 Å². The lowest BCUT2D eigenvalue weighted by Crippen LogP contribution is -2.50. The summed E-state index contributed by atoms with van der Waals surface area (Å²) in [5, 5.41) is 4.92. The quantitative estimate of drug-likeness (QED) is 0.456. The van der Waals surface area contributed by atoms with Gasteiger partial charge in [0.05, 0.1) is 0 Å². The molecule has 0 unspecified atom stereocenters. The topological polar surface area (TPSA) is 84.2 Å². The first-order chi connectivity index (χ1) is 5.63. The van der Waals surface area contributed by atoms with Crippen LogP contribution in [0.25, 0.3) is 0 Å². The maximum Gasteiger partial charge on any atom is 0.246 e. The van der Waals surface area contributed by atoms with E-state index in [1.54, 1.807) is 13.8 Å². The van der Waals surface area contributed by atoms with Crippen molar-refractivity contribution in [1.82, 2.24) is 10.6 Å². The van der Waals surface area contributed by atoms with E-state index >= 15 is 0 Å². The van der Waals surface area contributed by atoms with Crippen molar-refractivity contribution in [1.29, 1.82) is 0 Å². The van der Waals surface area contributed by atoms with E-state index in [4.69, 9.17) is 5.73 Å². The zero-order valence-corrected chi connectivity index (χ0v) is 7.39. The van der Waals surface area contributed by atoms with Crippen LogP contribution in [0.1, 0.15) is 13.8 Å². The van der Waals surface area contributed by atoms with Gasteiger partial charge in [-0.25, -0.2) is 0 Å². The number of carbonyl (C=O) groups is 2. The molecule has 0 aliphatic rings. The van der Waals surface area contributed by atoms with Gasteiger partial charge >= 0.3 is 0 Å². The lowest BCUT2D eigenvalue weighted by atomic mass is 10.2. The number of nitrogens with one attached hydrogen (secondary N) is 2. The number of nitrogens with two attached hydrogens (primary N) is 1. The summed E-state index contributed by atoms with van der Waals surface area (Å²) in [6, 6.07) is -1.09. The van der Waals surface area contributed by atoms with Gasteiger partial charge in [-0.1, -0.05) is 0 Å². The highest BCUT2D eigenvalue weighted by atomic mass is 16.2. The first-order valence-corrected chi connectivity index (χ1v) is 3.94. The van der Waals surface area contributed by atoms with E-state index in [0.717, 1.165) is 0 Å². The zero-order chi connectivity index (χ0) is 9.56. The Morgan fingerprint density at radius 3 is 1.75 bits per heavy atom. The molecule has 0 saturated heterocycles. The fourth-order valence-electron chi connectivity index (χ4n) is 0.687. The SMILES string of the molecule is CCNC(=O)C(N)C(=O)NCC. The minimum atomic E-state index is -1.09. The molecule has 0 aromatic rings. The highest BCUT2D eigenvalue weighted by Gasteiger charge is 2.19. The van der Waals surface area contributed by atoms with Gasteiger partial charge in [-0.2, -0.15) is 0 Å². The molecule has 70 valence electrons. The van der Waals surface area contributed by atoms with Crippen molar-refractivity contribution in [3.05, 3.63) is 0 Å². The third-order valence-electron chi connectivity index (χ3n) is 1.27. The minimum absolute atomic E-state index is 0.441. The third-order valence-corrected chi connectivity index (χ3v) is 1.27. The van der Waals surface area contributed by atoms with Crippen LogP contribution in [-0.2, 0) is 9.59 Å². The molecule has 0 rings (SSSR count). The molecule has 0 spiro atoms. The smallest absolute Gasteiger partial charge is 0.246 e. The van der Waals surface area contributed by atoms with E-state index < -0.39 is 17.9 Å². The summed E-state index contributed by atoms with van der Waals surface area (Å²) in [7, 11) is 0. The van der Waals surface area contributed by atoms with Crippen molar-refractivity contribution in [2.45, 2.75) is 19.9 Å². The van der Waals surface area contributed by atoms with Crippen molar-refractivity contribution < 1.29 is 9.59 Å². The monoisotopic (exact) mass is 173 g/mol. The van der Waals surface area contributed by atoms with E-state index in [2.05, 4.69) is 10.6 Å². The van der Waals surface area contributed by atoms with Gasteiger partial charge in [-0.15, -0.1) is 0 Å². The maximum atomic E-state index is 11.0. The number of likely N-dealkylation sites (N-methyl/N-ethyl adjacent to an activating group) is 2. The molecule has 0 bridgehead atoms. The van der Waals surface area contributed by atoms with Crippen molar-refractivity contribution in [2.24, 2.45) is 5.73 Å². The van der Waals surface area contributed by atoms with Crippen LogP contribution >= 0.6 is 0 Å². The zero-order valence-electron chi connectivity index (χ0n) is 7.39. The number of hydrogen-bond acceptors (Lipinski definition) is 3. The fourth-order valence-corrected chi connectivity index (χ4v) is 0.687. The van der Waals surface area contributed by atoms with Crippen LogP contribution in [0.5, 0.6) is 0 Å². The molecular weight excluding hydrogens is 158 g/mol. The molecule has 0 aliphatic heterocycles. The molecule has 4 N–H and O–H groups in total. The molecule has 12 heavy (non-hydrogen) atoms. The molecule has 0 aromatic heterocycles. The van der Waals surface area contributed by atoms with Crippen molar-refractivity contribution >= 4 is 11.8 Å². The Kier molecular flexibility index (Phi) is 5.03. The van der Waals surface area contributed by atoms with Gasteiger partial charge in [0, 0.05) is 13.1 Å². The predicted molar refractivity (Wildman–Crippen MR) is 45.3 cm³/mol. The van der Waals surface area contributed by atoms with Crippen LogP contribution in [0.2, 0.25) is 0 Å². The first kappa shape index (κ1) is 10.9. The van der Waals surface area contributed by atoms with Crippen LogP contribution in [0.15, 0.2) is 0 Å².